The molecule has 2 saturated carbocycles. The highest BCUT2D eigenvalue weighted by atomic mass is 16.4. The van der Waals surface area contributed by atoms with Gasteiger partial charge in [0.1, 0.15) is 5.82 Å². The van der Waals surface area contributed by atoms with E-state index >= 15 is 0 Å². The van der Waals surface area contributed by atoms with E-state index in [1.165, 1.54) is 25.7 Å². The van der Waals surface area contributed by atoms with Crippen molar-refractivity contribution in [2.45, 2.75) is 31.7 Å². The normalized spacial score (nSPS) is 17.9. The monoisotopic (exact) mass is 282 g/mol. The van der Waals surface area contributed by atoms with Crippen LogP contribution in [0.2, 0.25) is 0 Å². The summed E-state index contributed by atoms with van der Waals surface area (Å²) in [5.74, 6) is 0.727. The van der Waals surface area contributed by atoms with Crippen LogP contribution in [-0.2, 0) is 0 Å². The Bertz CT molecular complexity index is 705. The molecule has 1 aromatic carbocycles. The molecule has 2 aliphatic carbocycles. The fourth-order valence-electron chi connectivity index (χ4n) is 2.88. The van der Waals surface area contributed by atoms with E-state index < -0.39 is 5.97 Å². The first-order chi connectivity index (χ1) is 10.2. The van der Waals surface area contributed by atoms with Gasteiger partial charge in [0, 0.05) is 18.0 Å². The summed E-state index contributed by atoms with van der Waals surface area (Å²) in [6, 6.07) is 9.81. The zero-order valence-corrected chi connectivity index (χ0v) is 11.8. The second kappa shape index (κ2) is 4.72. The molecule has 0 atom stereocenters. The quantitative estimate of drug-likeness (QED) is 0.914. The van der Waals surface area contributed by atoms with Gasteiger partial charge in [-0.15, -0.1) is 0 Å². The van der Waals surface area contributed by atoms with E-state index in [9.17, 15) is 9.90 Å². The number of fused-ring (bicyclic) bond motifs is 1. The Morgan fingerprint density at radius 3 is 2.67 bits per heavy atom. The summed E-state index contributed by atoms with van der Waals surface area (Å²) < 4.78 is 0. The van der Waals surface area contributed by atoms with Gasteiger partial charge in [0.2, 0.25) is 0 Å². The molecule has 2 aliphatic rings. The van der Waals surface area contributed by atoms with Gasteiger partial charge in [-0.1, -0.05) is 18.2 Å². The van der Waals surface area contributed by atoms with Gasteiger partial charge in [-0.25, -0.2) is 9.78 Å². The molecule has 108 valence electrons. The van der Waals surface area contributed by atoms with Gasteiger partial charge in [0.05, 0.1) is 11.1 Å². The summed E-state index contributed by atoms with van der Waals surface area (Å²) >= 11 is 0. The SMILES string of the molecule is O=C(O)c1cc(N(CC2CC2)C2CC2)nc2ccccc12. The molecule has 0 radical (unpaired) electrons. The van der Waals surface area contributed by atoms with Crippen LogP contribution in [0.5, 0.6) is 0 Å². The first-order valence-corrected chi connectivity index (χ1v) is 7.62. The van der Waals surface area contributed by atoms with Crippen molar-refractivity contribution in [3.63, 3.8) is 0 Å². The topological polar surface area (TPSA) is 53.4 Å². The number of rotatable bonds is 5. The fourth-order valence-corrected chi connectivity index (χ4v) is 2.88. The first-order valence-electron chi connectivity index (χ1n) is 7.62. The lowest BCUT2D eigenvalue weighted by Gasteiger charge is -2.24. The standard InChI is InChI=1S/C17H18N2O2/c20-17(21)14-9-16(18-15-4-2-1-3-13(14)15)19(12-7-8-12)10-11-5-6-11/h1-4,9,11-12H,5-8,10H2,(H,20,21). The molecule has 2 aromatic rings. The molecular weight excluding hydrogens is 264 g/mol. The average Bonchev–Trinajstić information content (AvgIpc) is 3.37. The Kier molecular flexibility index (Phi) is 2.84. The molecule has 4 heteroatoms. The van der Waals surface area contributed by atoms with Crippen LogP contribution in [-0.4, -0.2) is 28.6 Å². The van der Waals surface area contributed by atoms with Crippen molar-refractivity contribution in [2.24, 2.45) is 5.92 Å². The van der Waals surface area contributed by atoms with Gasteiger partial charge in [-0.3, -0.25) is 0 Å². The molecule has 1 N–H and O–H groups in total. The molecular formula is C17H18N2O2. The molecule has 4 nitrogen and oxygen atoms in total. The number of carboxylic acid groups (broad SMARTS) is 1. The van der Waals surface area contributed by atoms with Crippen molar-refractivity contribution in [3.8, 4) is 0 Å². The Labute approximate surface area is 123 Å². The lowest BCUT2D eigenvalue weighted by Crippen LogP contribution is -2.29. The molecule has 0 aliphatic heterocycles. The van der Waals surface area contributed by atoms with E-state index in [0.717, 1.165) is 29.2 Å². The van der Waals surface area contributed by atoms with Gasteiger partial charge < -0.3 is 10.0 Å². The highest BCUT2D eigenvalue weighted by Gasteiger charge is 2.35. The second-order valence-corrected chi connectivity index (χ2v) is 6.18. The summed E-state index contributed by atoms with van der Waals surface area (Å²) in [6.07, 6.45) is 4.98. The third-order valence-electron chi connectivity index (χ3n) is 4.37. The zero-order chi connectivity index (χ0) is 14.4. The van der Waals surface area contributed by atoms with Crippen molar-refractivity contribution in [1.29, 1.82) is 0 Å². The Morgan fingerprint density at radius 1 is 1.24 bits per heavy atom. The number of hydrogen-bond acceptors (Lipinski definition) is 3. The Hall–Kier alpha value is -2.10. The minimum atomic E-state index is -0.878. The number of carboxylic acids is 1. The van der Waals surface area contributed by atoms with Gasteiger partial charge in [0.25, 0.3) is 0 Å². The van der Waals surface area contributed by atoms with Gasteiger partial charge in [-0.05, 0) is 43.7 Å². The highest BCUT2D eigenvalue weighted by Crippen LogP contribution is 2.38. The molecule has 4 rings (SSSR count). The van der Waals surface area contributed by atoms with Crippen LogP contribution in [0.3, 0.4) is 0 Å². The maximum absolute atomic E-state index is 11.6. The lowest BCUT2D eigenvalue weighted by molar-refractivity contribution is 0.0699. The van der Waals surface area contributed by atoms with Crippen LogP contribution < -0.4 is 4.90 Å². The second-order valence-electron chi connectivity index (χ2n) is 6.18. The van der Waals surface area contributed by atoms with Crippen molar-refractivity contribution in [2.75, 3.05) is 11.4 Å². The van der Waals surface area contributed by atoms with E-state index in [2.05, 4.69) is 4.90 Å². The van der Waals surface area contributed by atoms with Gasteiger partial charge in [0.15, 0.2) is 0 Å². The number of aromatic carboxylic acids is 1. The number of pyridine rings is 1. The van der Waals surface area contributed by atoms with Crippen LogP contribution in [0.1, 0.15) is 36.0 Å². The molecule has 1 heterocycles. The molecule has 2 fully saturated rings. The largest absolute Gasteiger partial charge is 0.478 e. The first kappa shape index (κ1) is 12.6. The van der Waals surface area contributed by atoms with Gasteiger partial charge in [-0.2, -0.15) is 0 Å². The molecule has 21 heavy (non-hydrogen) atoms. The zero-order valence-electron chi connectivity index (χ0n) is 11.8. The van der Waals surface area contributed by atoms with E-state index in [4.69, 9.17) is 4.98 Å². The number of carbonyl (C=O) groups is 1. The van der Waals surface area contributed by atoms with Crippen LogP contribution in [0.15, 0.2) is 30.3 Å². The maximum atomic E-state index is 11.6. The van der Waals surface area contributed by atoms with E-state index in [1.807, 2.05) is 24.3 Å². The van der Waals surface area contributed by atoms with Crippen LogP contribution >= 0.6 is 0 Å². The third kappa shape index (κ3) is 2.46. The number of para-hydroxylation sites is 1. The van der Waals surface area contributed by atoms with Crippen molar-refractivity contribution < 1.29 is 9.90 Å². The molecule has 0 unspecified atom stereocenters. The number of nitrogens with zero attached hydrogens (tertiary/aromatic N) is 2. The predicted octanol–water partition coefficient (Wildman–Crippen LogP) is 3.31. The summed E-state index contributed by atoms with van der Waals surface area (Å²) in [7, 11) is 0. The molecule has 0 bridgehead atoms. The van der Waals surface area contributed by atoms with Crippen molar-refractivity contribution >= 4 is 22.7 Å². The predicted molar refractivity (Wildman–Crippen MR) is 81.8 cm³/mol. The third-order valence-corrected chi connectivity index (χ3v) is 4.37. The maximum Gasteiger partial charge on any atom is 0.336 e. The summed E-state index contributed by atoms with van der Waals surface area (Å²) in [5.41, 5.74) is 1.13. The van der Waals surface area contributed by atoms with Crippen LogP contribution in [0.25, 0.3) is 10.9 Å². The van der Waals surface area contributed by atoms with E-state index in [-0.39, 0.29) is 0 Å². The lowest BCUT2D eigenvalue weighted by atomic mass is 10.1. The molecule has 0 saturated heterocycles. The smallest absolute Gasteiger partial charge is 0.336 e. The minimum Gasteiger partial charge on any atom is -0.478 e. The number of hydrogen-bond donors (Lipinski definition) is 1. The van der Waals surface area contributed by atoms with Crippen LogP contribution in [0.4, 0.5) is 5.82 Å². The van der Waals surface area contributed by atoms with E-state index in [1.54, 1.807) is 6.07 Å². The van der Waals surface area contributed by atoms with Crippen molar-refractivity contribution in [3.05, 3.63) is 35.9 Å². The summed E-state index contributed by atoms with van der Waals surface area (Å²) in [6.45, 7) is 1.02. The number of anilines is 1. The summed E-state index contributed by atoms with van der Waals surface area (Å²) in [5, 5.41) is 10.2. The average molecular weight is 282 g/mol. The van der Waals surface area contributed by atoms with Crippen molar-refractivity contribution in [1.82, 2.24) is 4.98 Å². The van der Waals surface area contributed by atoms with Gasteiger partial charge >= 0.3 is 5.97 Å². The number of benzene rings is 1. The summed E-state index contributed by atoms with van der Waals surface area (Å²) in [4.78, 5) is 18.6. The Morgan fingerprint density at radius 2 is 2.00 bits per heavy atom. The fraction of sp³-hybridized carbons (Fsp3) is 0.412. The van der Waals surface area contributed by atoms with Crippen LogP contribution in [0, 0.1) is 5.92 Å². The molecule has 1 aromatic heterocycles. The Balaban J connectivity index is 1.81. The highest BCUT2D eigenvalue weighted by molar-refractivity contribution is 6.03. The number of aromatic nitrogens is 1. The van der Waals surface area contributed by atoms with E-state index in [0.29, 0.717) is 11.6 Å². The minimum absolute atomic E-state index is 0.358. The molecule has 0 amide bonds. The molecule has 0 spiro atoms.